The molecule has 2 heterocycles. The predicted octanol–water partition coefficient (Wildman–Crippen LogP) is 3.81. The first-order valence-corrected chi connectivity index (χ1v) is 8.91. The van der Waals surface area contributed by atoms with Crippen LogP contribution in [-0.4, -0.2) is 31.3 Å². The molecule has 0 fully saturated rings. The van der Waals surface area contributed by atoms with Crippen LogP contribution in [0, 0.1) is 13.8 Å². The summed E-state index contributed by atoms with van der Waals surface area (Å²) in [5.74, 6) is -0.860. The summed E-state index contributed by atoms with van der Waals surface area (Å²) in [6.45, 7) is 3.77. The van der Waals surface area contributed by atoms with Gasteiger partial charge in [-0.1, -0.05) is 0 Å². The maximum absolute atomic E-state index is 12.0. The van der Waals surface area contributed by atoms with Gasteiger partial charge in [0.25, 0.3) is 0 Å². The average molecular weight is 385 g/mol. The lowest BCUT2D eigenvalue weighted by Gasteiger charge is -2.10. The fourth-order valence-corrected chi connectivity index (χ4v) is 4.07. The zero-order chi connectivity index (χ0) is 17.9. The number of carbonyl (C=O) groups is 2. The number of rotatable bonds is 4. The Morgan fingerprint density at radius 2 is 1.79 bits per heavy atom. The van der Waals surface area contributed by atoms with Gasteiger partial charge in [-0.25, -0.2) is 9.59 Å². The lowest BCUT2D eigenvalue weighted by Crippen LogP contribution is -2.21. The minimum atomic E-state index is -0.437. The Bertz CT molecular complexity index is 795. The Balaban J connectivity index is 2.20. The van der Waals surface area contributed by atoms with Crippen molar-refractivity contribution in [2.75, 3.05) is 24.9 Å². The molecule has 2 rings (SSSR count). The minimum Gasteiger partial charge on any atom is -0.465 e. The van der Waals surface area contributed by atoms with Crippen molar-refractivity contribution in [1.29, 1.82) is 0 Å². The Morgan fingerprint density at radius 1 is 1.12 bits per heavy atom. The van der Waals surface area contributed by atoms with Crippen LogP contribution in [0.3, 0.4) is 0 Å². The first-order valence-electron chi connectivity index (χ1n) is 6.81. The van der Waals surface area contributed by atoms with E-state index in [9.17, 15) is 9.59 Å². The lowest BCUT2D eigenvalue weighted by molar-refractivity contribution is 0.0595. The molecular weight excluding hydrogens is 368 g/mol. The molecule has 0 spiro atoms. The Hall–Kier alpha value is -1.97. The highest BCUT2D eigenvalue weighted by molar-refractivity contribution is 7.80. The van der Waals surface area contributed by atoms with Crippen molar-refractivity contribution in [2.24, 2.45) is 0 Å². The zero-order valence-electron chi connectivity index (χ0n) is 13.5. The van der Waals surface area contributed by atoms with E-state index in [1.165, 1.54) is 36.9 Å². The summed E-state index contributed by atoms with van der Waals surface area (Å²) in [6.07, 6.45) is 0. The molecule has 0 aliphatic heterocycles. The van der Waals surface area contributed by atoms with Gasteiger partial charge in [-0.05, 0) is 43.1 Å². The summed E-state index contributed by atoms with van der Waals surface area (Å²) in [4.78, 5) is 25.1. The first-order chi connectivity index (χ1) is 11.4. The molecule has 0 radical (unpaired) electrons. The van der Waals surface area contributed by atoms with Crippen LogP contribution in [0.1, 0.15) is 30.5 Å². The fraction of sp³-hybridized carbons (Fsp3) is 0.267. The van der Waals surface area contributed by atoms with Crippen LogP contribution < -0.4 is 10.6 Å². The molecule has 0 saturated carbocycles. The quantitative estimate of drug-likeness (QED) is 0.613. The third kappa shape index (κ3) is 3.74. The highest BCUT2D eigenvalue weighted by Crippen LogP contribution is 2.33. The molecule has 0 saturated heterocycles. The SMILES string of the molecule is COC(=O)c1sccc1NC(=S)Nc1sc(C)c(C)c1C(=O)OC. The van der Waals surface area contributed by atoms with E-state index in [4.69, 9.17) is 21.7 Å². The number of thiophene rings is 2. The van der Waals surface area contributed by atoms with Crippen LogP contribution in [0.2, 0.25) is 0 Å². The molecule has 0 aliphatic rings. The van der Waals surface area contributed by atoms with E-state index in [2.05, 4.69) is 10.6 Å². The summed E-state index contributed by atoms with van der Waals surface area (Å²) in [6, 6.07) is 1.73. The number of ether oxygens (including phenoxy) is 2. The van der Waals surface area contributed by atoms with Gasteiger partial charge in [-0.2, -0.15) is 0 Å². The van der Waals surface area contributed by atoms with Crippen molar-refractivity contribution in [2.45, 2.75) is 13.8 Å². The second-order valence-corrected chi connectivity index (χ2v) is 7.26. The van der Waals surface area contributed by atoms with E-state index < -0.39 is 11.9 Å². The molecule has 24 heavy (non-hydrogen) atoms. The Morgan fingerprint density at radius 3 is 2.42 bits per heavy atom. The minimum absolute atomic E-state index is 0.268. The predicted molar refractivity (Wildman–Crippen MR) is 101 cm³/mol. The number of carbonyl (C=O) groups excluding carboxylic acids is 2. The molecule has 2 aromatic heterocycles. The molecule has 0 atom stereocenters. The van der Waals surface area contributed by atoms with Gasteiger partial charge in [-0.15, -0.1) is 22.7 Å². The molecule has 0 amide bonds. The molecule has 6 nitrogen and oxygen atoms in total. The number of methoxy groups -OCH3 is 2. The van der Waals surface area contributed by atoms with Crippen molar-refractivity contribution in [3.05, 3.63) is 32.3 Å². The van der Waals surface area contributed by atoms with Crippen LogP contribution in [0.4, 0.5) is 10.7 Å². The molecule has 9 heteroatoms. The number of nitrogens with one attached hydrogen (secondary N) is 2. The van der Waals surface area contributed by atoms with E-state index in [0.29, 0.717) is 21.1 Å². The smallest absolute Gasteiger partial charge is 0.350 e. The molecular formula is C15H16N2O4S3. The van der Waals surface area contributed by atoms with E-state index in [-0.39, 0.29) is 5.11 Å². The highest BCUT2D eigenvalue weighted by atomic mass is 32.1. The second-order valence-electron chi connectivity index (χ2n) is 4.71. The molecule has 128 valence electrons. The third-order valence-electron chi connectivity index (χ3n) is 3.29. The van der Waals surface area contributed by atoms with Crippen LogP contribution in [0.15, 0.2) is 11.4 Å². The van der Waals surface area contributed by atoms with E-state index in [1.807, 2.05) is 13.8 Å². The van der Waals surface area contributed by atoms with Crippen molar-refractivity contribution in [1.82, 2.24) is 0 Å². The summed E-state index contributed by atoms with van der Waals surface area (Å²) < 4.78 is 9.56. The van der Waals surface area contributed by atoms with E-state index in [0.717, 1.165) is 10.4 Å². The Labute approximate surface area is 152 Å². The third-order valence-corrected chi connectivity index (χ3v) is 5.51. The monoisotopic (exact) mass is 384 g/mol. The van der Waals surface area contributed by atoms with Crippen LogP contribution in [-0.2, 0) is 9.47 Å². The molecule has 0 aromatic carbocycles. The van der Waals surface area contributed by atoms with Crippen molar-refractivity contribution in [3.63, 3.8) is 0 Å². The number of hydrogen-bond donors (Lipinski definition) is 2. The van der Waals surface area contributed by atoms with Crippen molar-refractivity contribution in [3.8, 4) is 0 Å². The van der Waals surface area contributed by atoms with E-state index >= 15 is 0 Å². The standard InChI is InChI=1S/C15H16N2O4S3/c1-7-8(2)24-12(10(7)13(18)20-3)17-15(22)16-9-5-6-23-11(9)14(19)21-4/h5-6H,1-4H3,(H2,16,17,22). The molecule has 0 unspecified atom stereocenters. The second kappa shape index (κ2) is 7.73. The van der Waals surface area contributed by atoms with Crippen molar-refractivity contribution < 1.29 is 19.1 Å². The maximum Gasteiger partial charge on any atom is 0.350 e. The van der Waals surface area contributed by atoms with Crippen LogP contribution in [0.5, 0.6) is 0 Å². The maximum atomic E-state index is 12.0. The van der Waals surface area contributed by atoms with Gasteiger partial charge >= 0.3 is 11.9 Å². The van der Waals surface area contributed by atoms with Gasteiger partial charge < -0.3 is 20.1 Å². The Kier molecular flexibility index (Phi) is 5.92. The molecule has 2 aromatic rings. The number of thiocarbonyl (C=S) groups is 1. The molecule has 2 N–H and O–H groups in total. The fourth-order valence-electron chi connectivity index (χ4n) is 1.98. The number of hydrogen-bond acceptors (Lipinski definition) is 7. The van der Waals surface area contributed by atoms with E-state index in [1.54, 1.807) is 11.4 Å². The largest absolute Gasteiger partial charge is 0.465 e. The van der Waals surface area contributed by atoms with Gasteiger partial charge in [-0.3, -0.25) is 0 Å². The molecule has 0 aliphatic carbocycles. The summed E-state index contributed by atoms with van der Waals surface area (Å²) in [5, 5.41) is 8.58. The lowest BCUT2D eigenvalue weighted by atomic mass is 10.1. The number of esters is 2. The van der Waals surface area contributed by atoms with Crippen LogP contribution >= 0.6 is 34.9 Å². The summed E-state index contributed by atoms with van der Waals surface area (Å²) in [5.41, 5.74) is 1.86. The van der Waals surface area contributed by atoms with Gasteiger partial charge in [0.15, 0.2) is 5.11 Å². The molecule has 0 bridgehead atoms. The normalized spacial score (nSPS) is 10.2. The van der Waals surface area contributed by atoms with Gasteiger partial charge in [0.1, 0.15) is 9.88 Å². The average Bonchev–Trinajstić information content (AvgIpc) is 3.11. The van der Waals surface area contributed by atoms with Crippen LogP contribution in [0.25, 0.3) is 0 Å². The topological polar surface area (TPSA) is 76.7 Å². The van der Waals surface area contributed by atoms with Crippen molar-refractivity contribution >= 4 is 62.6 Å². The summed E-state index contributed by atoms with van der Waals surface area (Å²) >= 11 is 7.95. The highest BCUT2D eigenvalue weighted by Gasteiger charge is 2.21. The zero-order valence-corrected chi connectivity index (χ0v) is 16.0. The van der Waals surface area contributed by atoms with Gasteiger partial charge in [0.05, 0.1) is 25.5 Å². The summed E-state index contributed by atoms with van der Waals surface area (Å²) in [7, 11) is 2.66. The van der Waals surface area contributed by atoms with Gasteiger partial charge in [0, 0.05) is 4.88 Å². The van der Waals surface area contributed by atoms with Gasteiger partial charge in [0.2, 0.25) is 0 Å². The first kappa shape index (κ1) is 18.4. The number of anilines is 2. The number of aryl methyl sites for hydroxylation is 1.